The summed E-state index contributed by atoms with van der Waals surface area (Å²) in [6.07, 6.45) is 5.09. The van der Waals surface area contributed by atoms with E-state index >= 15 is 0 Å². The SMILES string of the molecule is O=C1CCC(c2ccc3c(c2)CCC3)O1. The number of hydrogen-bond donors (Lipinski definition) is 0. The van der Waals surface area contributed by atoms with E-state index in [2.05, 4.69) is 18.2 Å². The van der Waals surface area contributed by atoms with Crippen molar-refractivity contribution in [1.29, 1.82) is 0 Å². The minimum absolute atomic E-state index is 0.0170. The number of carbonyl (C=O) groups is 1. The van der Waals surface area contributed by atoms with Crippen LogP contribution >= 0.6 is 0 Å². The third-order valence-electron chi connectivity index (χ3n) is 3.38. The van der Waals surface area contributed by atoms with Gasteiger partial charge >= 0.3 is 5.97 Å². The summed E-state index contributed by atoms with van der Waals surface area (Å²) in [6, 6.07) is 6.54. The molecule has 0 radical (unpaired) electrons. The van der Waals surface area contributed by atoms with Gasteiger partial charge < -0.3 is 4.74 Å². The Hall–Kier alpha value is -1.31. The zero-order valence-corrected chi connectivity index (χ0v) is 8.66. The van der Waals surface area contributed by atoms with E-state index in [0.29, 0.717) is 6.42 Å². The second-order valence-electron chi connectivity index (χ2n) is 4.40. The zero-order chi connectivity index (χ0) is 10.3. The van der Waals surface area contributed by atoms with Gasteiger partial charge in [0.05, 0.1) is 0 Å². The van der Waals surface area contributed by atoms with E-state index in [9.17, 15) is 4.79 Å². The average Bonchev–Trinajstić information content (AvgIpc) is 2.84. The molecule has 1 heterocycles. The number of carbonyl (C=O) groups excluding carboxylic acids is 1. The van der Waals surface area contributed by atoms with Crippen LogP contribution in [0.25, 0.3) is 0 Å². The molecule has 0 N–H and O–H groups in total. The normalized spacial score (nSPS) is 24.0. The van der Waals surface area contributed by atoms with Crippen LogP contribution in [0.4, 0.5) is 0 Å². The van der Waals surface area contributed by atoms with Gasteiger partial charge in [0.1, 0.15) is 6.10 Å². The highest BCUT2D eigenvalue weighted by Crippen LogP contribution is 2.32. The van der Waals surface area contributed by atoms with E-state index in [1.54, 1.807) is 0 Å². The summed E-state index contributed by atoms with van der Waals surface area (Å²) < 4.78 is 5.27. The summed E-state index contributed by atoms with van der Waals surface area (Å²) in [4.78, 5) is 11.0. The summed E-state index contributed by atoms with van der Waals surface area (Å²) in [6.45, 7) is 0. The van der Waals surface area contributed by atoms with E-state index in [4.69, 9.17) is 4.74 Å². The molecule has 78 valence electrons. The van der Waals surface area contributed by atoms with Crippen molar-refractivity contribution >= 4 is 5.97 Å². The van der Waals surface area contributed by atoms with Crippen molar-refractivity contribution in [2.75, 3.05) is 0 Å². The fourth-order valence-corrected chi connectivity index (χ4v) is 2.55. The smallest absolute Gasteiger partial charge is 0.306 e. The molecule has 0 aromatic heterocycles. The molecular weight excluding hydrogens is 188 g/mol. The molecule has 2 nitrogen and oxygen atoms in total. The topological polar surface area (TPSA) is 26.3 Å². The molecule has 3 rings (SSSR count). The van der Waals surface area contributed by atoms with Crippen LogP contribution in [0.2, 0.25) is 0 Å². The molecule has 15 heavy (non-hydrogen) atoms. The maximum atomic E-state index is 11.0. The van der Waals surface area contributed by atoms with E-state index in [0.717, 1.165) is 6.42 Å². The molecule has 1 atom stereocenters. The van der Waals surface area contributed by atoms with Gasteiger partial charge in [0.2, 0.25) is 0 Å². The Morgan fingerprint density at radius 3 is 2.80 bits per heavy atom. The second-order valence-corrected chi connectivity index (χ2v) is 4.40. The third kappa shape index (κ3) is 1.54. The van der Waals surface area contributed by atoms with E-state index < -0.39 is 0 Å². The summed E-state index contributed by atoms with van der Waals surface area (Å²) >= 11 is 0. The van der Waals surface area contributed by atoms with Gasteiger partial charge in [-0.1, -0.05) is 18.2 Å². The predicted molar refractivity (Wildman–Crippen MR) is 56.5 cm³/mol. The number of aryl methyl sites for hydroxylation is 2. The van der Waals surface area contributed by atoms with Gasteiger partial charge in [0.25, 0.3) is 0 Å². The minimum Gasteiger partial charge on any atom is -0.457 e. The van der Waals surface area contributed by atoms with E-state index in [1.165, 1.54) is 36.0 Å². The molecule has 1 saturated heterocycles. The maximum absolute atomic E-state index is 11.0. The van der Waals surface area contributed by atoms with Crippen molar-refractivity contribution < 1.29 is 9.53 Å². The molecule has 2 heteroatoms. The molecule has 1 aromatic carbocycles. The molecule has 1 unspecified atom stereocenters. The van der Waals surface area contributed by atoms with Crippen LogP contribution in [-0.4, -0.2) is 5.97 Å². The zero-order valence-electron chi connectivity index (χ0n) is 8.66. The van der Waals surface area contributed by atoms with Crippen LogP contribution in [0.15, 0.2) is 18.2 Å². The lowest BCUT2D eigenvalue weighted by molar-refractivity contribution is -0.141. The fraction of sp³-hybridized carbons (Fsp3) is 0.462. The lowest BCUT2D eigenvalue weighted by atomic mass is 10.0. The first-order valence-corrected chi connectivity index (χ1v) is 5.64. The summed E-state index contributed by atoms with van der Waals surface area (Å²) in [5.74, 6) is -0.0551. The van der Waals surface area contributed by atoms with Crippen molar-refractivity contribution in [3.8, 4) is 0 Å². The Balaban J connectivity index is 1.89. The molecule has 0 bridgehead atoms. The van der Waals surface area contributed by atoms with Crippen molar-refractivity contribution in [3.63, 3.8) is 0 Å². The van der Waals surface area contributed by atoms with Gasteiger partial charge in [0.15, 0.2) is 0 Å². The second kappa shape index (κ2) is 3.37. The number of hydrogen-bond acceptors (Lipinski definition) is 2. The van der Waals surface area contributed by atoms with Crippen LogP contribution < -0.4 is 0 Å². The summed E-state index contributed by atoms with van der Waals surface area (Å²) in [5.41, 5.74) is 4.11. The Morgan fingerprint density at radius 1 is 1.13 bits per heavy atom. The Bertz CT molecular complexity index is 409. The number of ether oxygens (including phenoxy) is 1. The summed E-state index contributed by atoms with van der Waals surface area (Å²) in [7, 11) is 0. The highest BCUT2D eigenvalue weighted by atomic mass is 16.5. The van der Waals surface area contributed by atoms with Crippen molar-refractivity contribution in [2.24, 2.45) is 0 Å². The molecule has 1 aromatic rings. The largest absolute Gasteiger partial charge is 0.457 e. The van der Waals surface area contributed by atoms with Crippen LogP contribution in [0.3, 0.4) is 0 Å². The highest BCUT2D eigenvalue weighted by molar-refractivity contribution is 5.71. The van der Waals surface area contributed by atoms with Gasteiger partial charge in [-0.3, -0.25) is 4.79 Å². The predicted octanol–water partition coefficient (Wildman–Crippen LogP) is 2.55. The lowest BCUT2D eigenvalue weighted by Gasteiger charge is -2.11. The molecule has 0 spiro atoms. The van der Waals surface area contributed by atoms with Crippen molar-refractivity contribution in [1.82, 2.24) is 0 Å². The number of cyclic esters (lactones) is 1. The van der Waals surface area contributed by atoms with Crippen LogP contribution in [0.5, 0.6) is 0 Å². The fourth-order valence-electron chi connectivity index (χ4n) is 2.55. The molecule has 0 saturated carbocycles. The van der Waals surface area contributed by atoms with Crippen LogP contribution in [0, 0.1) is 0 Å². The third-order valence-corrected chi connectivity index (χ3v) is 3.38. The first kappa shape index (κ1) is 8.96. The first-order chi connectivity index (χ1) is 7.33. The lowest BCUT2D eigenvalue weighted by Crippen LogP contribution is -1.99. The standard InChI is InChI=1S/C13H14O2/c14-13-7-6-12(15-13)11-5-4-9-2-1-3-10(9)8-11/h4-5,8,12H,1-3,6-7H2. The molecule has 1 aliphatic carbocycles. The number of rotatable bonds is 1. The Morgan fingerprint density at radius 2 is 2.00 bits per heavy atom. The van der Waals surface area contributed by atoms with Gasteiger partial charge in [0, 0.05) is 6.42 Å². The average molecular weight is 202 g/mol. The van der Waals surface area contributed by atoms with Gasteiger partial charge in [-0.25, -0.2) is 0 Å². The Kier molecular flexibility index (Phi) is 2.01. The molecule has 0 amide bonds. The minimum atomic E-state index is -0.0551. The monoisotopic (exact) mass is 202 g/mol. The summed E-state index contributed by atoms with van der Waals surface area (Å²) in [5, 5.41) is 0. The van der Waals surface area contributed by atoms with Crippen molar-refractivity contribution in [3.05, 3.63) is 34.9 Å². The Labute approximate surface area is 89.2 Å². The van der Waals surface area contributed by atoms with E-state index in [-0.39, 0.29) is 12.1 Å². The van der Waals surface area contributed by atoms with Gasteiger partial charge in [-0.2, -0.15) is 0 Å². The number of esters is 1. The first-order valence-electron chi connectivity index (χ1n) is 5.64. The van der Waals surface area contributed by atoms with E-state index in [1.807, 2.05) is 0 Å². The molecule has 1 fully saturated rings. The quantitative estimate of drug-likeness (QED) is 0.654. The number of fused-ring (bicyclic) bond motifs is 1. The van der Waals surface area contributed by atoms with Crippen LogP contribution in [0.1, 0.15) is 42.1 Å². The number of benzene rings is 1. The van der Waals surface area contributed by atoms with Crippen molar-refractivity contribution in [2.45, 2.75) is 38.2 Å². The van der Waals surface area contributed by atoms with Gasteiger partial charge in [-0.05, 0) is 42.4 Å². The molecule has 2 aliphatic rings. The molecular formula is C13H14O2. The maximum Gasteiger partial charge on any atom is 0.306 e. The highest BCUT2D eigenvalue weighted by Gasteiger charge is 2.25. The molecule has 1 aliphatic heterocycles. The van der Waals surface area contributed by atoms with Gasteiger partial charge in [-0.15, -0.1) is 0 Å². The van der Waals surface area contributed by atoms with Crippen LogP contribution in [-0.2, 0) is 22.4 Å².